The molecule has 0 radical (unpaired) electrons. The number of β-amino-alcohol motifs (C(OH)–C–C–N with tert-alkyl or cyclic N) is 1. The molecule has 24 nitrogen and oxygen atoms in total. The smallest absolute Gasteiger partial charge is 0.248 e. The molecule has 1 unspecified atom stereocenters. The average Bonchev–Trinajstić information content (AvgIpc) is 3.90. The van der Waals surface area contributed by atoms with E-state index in [1.807, 2.05) is 0 Å². The van der Waals surface area contributed by atoms with Crippen molar-refractivity contribution >= 4 is 41.4 Å². The van der Waals surface area contributed by atoms with Gasteiger partial charge in [0.25, 0.3) is 0 Å². The lowest BCUT2D eigenvalue weighted by atomic mass is 9.91. The Balaban J connectivity index is 1.83. The average molecular weight is 1050 g/mol. The van der Waals surface area contributed by atoms with Gasteiger partial charge in [-0.3, -0.25) is 33.6 Å². The standard InChI is InChI=1S/C50H84N8O16/c1-5-28(2)23-29(3)13-10-8-6-7-9-11-14-39(66)58-35(25-37(64)48(58)72)46(70)53-40(30(4)60)50(74)57-26-33(62)24-34(57)45(69)55-42(44(68)43(67)31-15-17-32(61)18-16-31)47(71)54-41(36(63)19-20-51)49(73)56(21-12-22-59)27-38(52)65/h15-18,28-30,33-37,40-44,48,59-64,67-68,72H,5-14,19-27,51H2,1-4H3,(H2,52,65)(H,53,70)(H,54,71)(H,55,69)/t28-,29+,30+,33+,34-,35+,36+,37+,40-,41-,42-,43-,44-,48?/m0/s1. The summed E-state index contributed by atoms with van der Waals surface area (Å²) in [6.45, 7) is 5.73. The minimum atomic E-state index is -2.28. The maximum atomic E-state index is 14.3. The number of aliphatic hydroxyl groups is 8. The first-order valence-corrected chi connectivity index (χ1v) is 25.9. The molecule has 2 aliphatic rings. The molecular weight excluding hydrogens is 969 g/mol. The number of aliphatic hydroxyl groups excluding tert-OH is 8. The number of nitrogens with one attached hydrogen (secondary N) is 3. The van der Waals surface area contributed by atoms with Gasteiger partial charge in [0.1, 0.15) is 54.3 Å². The van der Waals surface area contributed by atoms with Gasteiger partial charge in [0.15, 0.2) is 6.23 Å². The first-order chi connectivity index (χ1) is 35.0. The van der Waals surface area contributed by atoms with Crippen molar-refractivity contribution in [2.45, 2.75) is 191 Å². The zero-order valence-electron chi connectivity index (χ0n) is 43.2. The van der Waals surface area contributed by atoms with E-state index in [4.69, 9.17) is 11.5 Å². The number of carbonyl (C=O) groups is 7. The zero-order valence-corrected chi connectivity index (χ0v) is 43.2. The van der Waals surface area contributed by atoms with Crippen LogP contribution in [0.15, 0.2) is 24.3 Å². The highest BCUT2D eigenvalue weighted by Gasteiger charge is 2.49. The van der Waals surface area contributed by atoms with Crippen LogP contribution in [0.5, 0.6) is 5.75 Å². The molecule has 0 saturated carbocycles. The highest BCUT2D eigenvalue weighted by atomic mass is 16.4. The first kappa shape index (κ1) is 63.2. The first-order valence-electron chi connectivity index (χ1n) is 25.9. The third kappa shape index (κ3) is 18.7. The van der Waals surface area contributed by atoms with Crippen LogP contribution in [-0.4, -0.2) is 202 Å². The van der Waals surface area contributed by atoms with Crippen LogP contribution in [0, 0.1) is 11.8 Å². The van der Waals surface area contributed by atoms with E-state index >= 15 is 0 Å². The van der Waals surface area contributed by atoms with Gasteiger partial charge in [0.05, 0.1) is 24.9 Å². The minimum absolute atomic E-state index is 0.0377. The third-order valence-corrected chi connectivity index (χ3v) is 13.9. The summed E-state index contributed by atoms with van der Waals surface area (Å²) in [4.78, 5) is 98.5. The molecule has 2 heterocycles. The summed E-state index contributed by atoms with van der Waals surface area (Å²) >= 11 is 0. The second-order valence-electron chi connectivity index (χ2n) is 20.1. The van der Waals surface area contributed by atoms with E-state index in [-0.39, 0.29) is 43.7 Å². The number of phenolic OH excluding ortho intramolecular Hbond substituents is 1. The Hall–Kier alpha value is -5.05. The summed E-state index contributed by atoms with van der Waals surface area (Å²) < 4.78 is 0. The normalized spacial score (nSPS) is 22.4. The number of phenols is 1. The Morgan fingerprint density at radius 1 is 0.770 bits per heavy atom. The van der Waals surface area contributed by atoms with Gasteiger partial charge in [0, 0.05) is 39.0 Å². The number of aromatic hydroxyl groups is 1. The fourth-order valence-corrected chi connectivity index (χ4v) is 9.51. The Morgan fingerprint density at radius 2 is 1.38 bits per heavy atom. The van der Waals surface area contributed by atoms with Gasteiger partial charge in [-0.2, -0.15) is 0 Å². The largest absolute Gasteiger partial charge is 0.508 e. The quantitative estimate of drug-likeness (QED) is 0.0331. The molecule has 2 saturated heterocycles. The molecule has 0 spiro atoms. The van der Waals surface area contributed by atoms with Crippen LogP contribution in [0.4, 0.5) is 0 Å². The van der Waals surface area contributed by atoms with E-state index in [9.17, 15) is 79.5 Å². The van der Waals surface area contributed by atoms with E-state index in [0.717, 1.165) is 78.7 Å². The van der Waals surface area contributed by atoms with E-state index < -0.39 is 147 Å². The Morgan fingerprint density at radius 3 is 1.97 bits per heavy atom. The summed E-state index contributed by atoms with van der Waals surface area (Å²) in [6.07, 6.45) is -4.92. The van der Waals surface area contributed by atoms with Crippen LogP contribution < -0.4 is 27.4 Å². The second kappa shape index (κ2) is 31.1. The topological polar surface area (TPSA) is 399 Å². The monoisotopic (exact) mass is 1050 g/mol. The number of hydrogen-bond acceptors (Lipinski definition) is 17. The van der Waals surface area contributed by atoms with Crippen molar-refractivity contribution in [2.24, 2.45) is 23.3 Å². The van der Waals surface area contributed by atoms with Crippen molar-refractivity contribution in [1.29, 1.82) is 0 Å². The lowest BCUT2D eigenvalue weighted by Crippen LogP contribution is -2.64. The molecule has 24 heteroatoms. The van der Waals surface area contributed by atoms with Gasteiger partial charge >= 0.3 is 0 Å². The predicted octanol–water partition coefficient (Wildman–Crippen LogP) is -2.54. The molecule has 14 atom stereocenters. The van der Waals surface area contributed by atoms with Crippen molar-refractivity contribution < 1.29 is 79.5 Å². The Kier molecular flexibility index (Phi) is 26.6. The van der Waals surface area contributed by atoms with Crippen LogP contribution in [0.3, 0.4) is 0 Å². The van der Waals surface area contributed by atoms with Gasteiger partial charge in [-0.15, -0.1) is 0 Å². The molecule has 16 N–H and O–H groups in total. The SMILES string of the molecule is CC[C@H](C)C[C@H](C)CCCCCCCCC(=O)N1C(O)[C@H](O)C[C@@H]1C(=O)N[C@H](C(=O)N1C[C@H](O)C[C@H]1C(=O)N[C@H](C(=O)N[C@H](C(=O)N(CCCO)CC(N)=O)[C@H](O)CCN)[C@H](O)[C@@H](O)c1ccc(O)cc1)[C@@H](C)O. The number of rotatable bonds is 32. The van der Waals surface area contributed by atoms with Crippen molar-refractivity contribution in [3.8, 4) is 5.75 Å². The maximum absolute atomic E-state index is 14.3. The van der Waals surface area contributed by atoms with Crippen LogP contribution in [0.2, 0.25) is 0 Å². The maximum Gasteiger partial charge on any atom is 0.248 e. The van der Waals surface area contributed by atoms with E-state index in [0.29, 0.717) is 18.3 Å². The Labute approximate surface area is 432 Å². The Bertz CT molecular complexity index is 1970. The summed E-state index contributed by atoms with van der Waals surface area (Å²) in [6, 6.07) is -4.47. The number of benzene rings is 1. The number of carbonyl (C=O) groups excluding carboxylic acids is 7. The summed E-state index contributed by atoms with van der Waals surface area (Å²) in [5.74, 6) is -6.29. The number of amides is 7. The summed E-state index contributed by atoms with van der Waals surface area (Å²) in [7, 11) is 0. The van der Waals surface area contributed by atoms with Gasteiger partial charge in [0.2, 0.25) is 41.4 Å². The lowest BCUT2D eigenvalue weighted by molar-refractivity contribution is -0.151. The van der Waals surface area contributed by atoms with E-state index in [1.165, 1.54) is 18.6 Å². The number of nitrogens with zero attached hydrogens (tertiary/aromatic N) is 3. The van der Waals surface area contributed by atoms with Crippen LogP contribution in [0.1, 0.15) is 129 Å². The van der Waals surface area contributed by atoms with Gasteiger partial charge in [-0.05, 0) is 68.7 Å². The minimum Gasteiger partial charge on any atom is -0.508 e. The third-order valence-electron chi connectivity index (χ3n) is 13.9. The van der Waals surface area contributed by atoms with Crippen molar-refractivity contribution in [2.75, 3.05) is 32.8 Å². The molecular formula is C50H84N8O16. The molecule has 2 aliphatic heterocycles. The molecule has 420 valence electrons. The summed E-state index contributed by atoms with van der Waals surface area (Å²) in [5.41, 5.74) is 10.9. The van der Waals surface area contributed by atoms with Crippen molar-refractivity contribution in [3.05, 3.63) is 29.8 Å². The zero-order chi connectivity index (χ0) is 55.4. The molecule has 3 rings (SSSR count). The van der Waals surface area contributed by atoms with Crippen LogP contribution in [0.25, 0.3) is 0 Å². The molecule has 1 aromatic rings. The molecule has 0 aromatic heterocycles. The predicted molar refractivity (Wildman–Crippen MR) is 267 cm³/mol. The van der Waals surface area contributed by atoms with Crippen LogP contribution >= 0.6 is 0 Å². The molecule has 0 aliphatic carbocycles. The van der Waals surface area contributed by atoms with E-state index in [2.05, 4.69) is 36.7 Å². The number of primary amides is 1. The van der Waals surface area contributed by atoms with Crippen molar-refractivity contribution in [1.82, 2.24) is 30.7 Å². The molecule has 2 fully saturated rings. The molecule has 7 amide bonds. The summed E-state index contributed by atoms with van der Waals surface area (Å²) in [5, 5.41) is 103. The molecule has 1 aromatic carbocycles. The highest BCUT2D eigenvalue weighted by Crippen LogP contribution is 2.28. The highest BCUT2D eigenvalue weighted by molar-refractivity contribution is 5.98. The second-order valence-corrected chi connectivity index (χ2v) is 20.1. The lowest BCUT2D eigenvalue weighted by Gasteiger charge is -2.34. The van der Waals surface area contributed by atoms with Crippen LogP contribution in [-0.2, 0) is 33.6 Å². The van der Waals surface area contributed by atoms with Gasteiger partial charge in [-0.1, -0.05) is 77.8 Å². The number of nitrogens with two attached hydrogens (primary N) is 2. The number of likely N-dealkylation sites (tertiary alicyclic amines) is 2. The van der Waals surface area contributed by atoms with E-state index in [1.54, 1.807) is 0 Å². The molecule has 74 heavy (non-hydrogen) atoms. The fourth-order valence-electron chi connectivity index (χ4n) is 9.51. The fraction of sp³-hybridized carbons (Fsp3) is 0.740. The number of unbranched alkanes of at least 4 members (excludes halogenated alkanes) is 5. The van der Waals surface area contributed by atoms with Crippen molar-refractivity contribution in [3.63, 3.8) is 0 Å². The van der Waals surface area contributed by atoms with Gasteiger partial charge in [-0.25, -0.2) is 0 Å². The number of hydrogen-bond donors (Lipinski definition) is 14. The molecule has 0 bridgehead atoms. The van der Waals surface area contributed by atoms with Gasteiger partial charge < -0.3 is 88.1 Å².